The molecule has 2 rings (SSSR count). The molecular formula is C41H64FN3O3. The molecule has 0 aliphatic carbocycles. The lowest BCUT2D eigenvalue weighted by Crippen LogP contribution is -2.61. The number of hydrogen-bond donors (Lipinski definition) is 3. The SMILES string of the molecule is C=Cc1c(C)cc(C[C@@H](C)[C@@](C)(CCC)N[C@@H](C(=O)N[C@@H](CCC)C(=O)NC[C@@H](C)Cc2ccccc2OCC(C)C)C(C)C)cc1F. The Bertz CT molecular complexity index is 1300. The molecule has 48 heavy (non-hydrogen) atoms. The first-order valence-corrected chi connectivity index (χ1v) is 18.1. The van der Waals surface area contributed by atoms with Gasteiger partial charge in [0.2, 0.25) is 11.8 Å². The summed E-state index contributed by atoms with van der Waals surface area (Å²) in [4.78, 5) is 27.4. The molecule has 0 aliphatic rings. The first-order chi connectivity index (χ1) is 22.6. The van der Waals surface area contributed by atoms with Crippen LogP contribution in [0.5, 0.6) is 5.75 Å². The largest absolute Gasteiger partial charge is 0.493 e. The zero-order chi connectivity index (χ0) is 36.0. The topological polar surface area (TPSA) is 79.5 Å². The van der Waals surface area contributed by atoms with Gasteiger partial charge >= 0.3 is 0 Å². The lowest BCUT2D eigenvalue weighted by molar-refractivity contribution is -0.131. The molecule has 2 amide bonds. The van der Waals surface area contributed by atoms with E-state index in [-0.39, 0.29) is 35.4 Å². The molecule has 0 radical (unpaired) electrons. The highest BCUT2D eigenvalue weighted by molar-refractivity contribution is 5.90. The van der Waals surface area contributed by atoms with E-state index in [1.807, 2.05) is 52.0 Å². The number of aryl methyl sites for hydroxylation is 1. The van der Waals surface area contributed by atoms with Crippen molar-refractivity contribution in [3.8, 4) is 5.75 Å². The smallest absolute Gasteiger partial charge is 0.242 e. The molecule has 0 aromatic heterocycles. The fraction of sp³-hybridized carbons (Fsp3) is 0.610. The number of ether oxygens (including phenoxy) is 1. The number of amides is 2. The lowest BCUT2D eigenvalue weighted by atomic mass is 9.78. The van der Waals surface area contributed by atoms with Crippen LogP contribution in [0.3, 0.4) is 0 Å². The van der Waals surface area contributed by atoms with Gasteiger partial charge in [0.25, 0.3) is 0 Å². The summed E-state index contributed by atoms with van der Waals surface area (Å²) in [6, 6.07) is 10.6. The fourth-order valence-corrected chi connectivity index (χ4v) is 6.39. The number of para-hydroxylation sites is 1. The van der Waals surface area contributed by atoms with Crippen LogP contribution in [0.25, 0.3) is 6.08 Å². The van der Waals surface area contributed by atoms with Crippen molar-refractivity contribution in [3.63, 3.8) is 0 Å². The normalized spacial score (nSPS) is 15.4. The van der Waals surface area contributed by atoms with Crippen molar-refractivity contribution in [1.29, 1.82) is 0 Å². The number of carbonyl (C=O) groups is 2. The number of halogens is 1. The summed E-state index contributed by atoms with van der Waals surface area (Å²) >= 11 is 0. The van der Waals surface area contributed by atoms with Crippen LogP contribution in [-0.4, -0.2) is 42.6 Å². The van der Waals surface area contributed by atoms with Crippen molar-refractivity contribution in [2.45, 2.75) is 125 Å². The molecule has 5 atom stereocenters. The third-order valence-corrected chi connectivity index (χ3v) is 9.38. The van der Waals surface area contributed by atoms with Gasteiger partial charge in [-0.3, -0.25) is 9.59 Å². The molecular weight excluding hydrogens is 601 g/mol. The molecule has 6 nitrogen and oxygen atoms in total. The minimum absolute atomic E-state index is 0.0108. The Kier molecular flexibility index (Phi) is 16.8. The Labute approximate surface area is 291 Å². The van der Waals surface area contributed by atoms with Crippen molar-refractivity contribution < 1.29 is 18.7 Å². The van der Waals surface area contributed by atoms with Crippen molar-refractivity contribution in [2.24, 2.45) is 23.7 Å². The number of benzene rings is 2. The van der Waals surface area contributed by atoms with Crippen LogP contribution in [-0.2, 0) is 22.4 Å². The highest BCUT2D eigenvalue weighted by atomic mass is 19.1. The number of hydrogen-bond acceptors (Lipinski definition) is 4. The van der Waals surface area contributed by atoms with Gasteiger partial charge in [-0.1, -0.05) is 105 Å². The molecule has 0 bridgehead atoms. The van der Waals surface area contributed by atoms with Crippen LogP contribution < -0.4 is 20.7 Å². The maximum absolute atomic E-state index is 14.8. The molecule has 7 heteroatoms. The average Bonchev–Trinajstić information content (AvgIpc) is 3.01. The van der Waals surface area contributed by atoms with Gasteiger partial charge in [-0.25, -0.2) is 4.39 Å². The van der Waals surface area contributed by atoms with Crippen molar-refractivity contribution in [1.82, 2.24) is 16.0 Å². The molecule has 0 fully saturated rings. The van der Waals surface area contributed by atoms with Gasteiger partial charge in [0.15, 0.2) is 0 Å². The molecule has 2 aromatic rings. The van der Waals surface area contributed by atoms with Gasteiger partial charge in [-0.2, -0.15) is 0 Å². The Morgan fingerprint density at radius 1 is 1.00 bits per heavy atom. The maximum Gasteiger partial charge on any atom is 0.242 e. The second-order valence-electron chi connectivity index (χ2n) is 14.9. The van der Waals surface area contributed by atoms with Crippen molar-refractivity contribution >= 4 is 17.9 Å². The highest BCUT2D eigenvalue weighted by Gasteiger charge is 2.37. The van der Waals surface area contributed by atoms with E-state index in [9.17, 15) is 14.0 Å². The lowest BCUT2D eigenvalue weighted by Gasteiger charge is -2.41. The standard InChI is InChI=1S/C41H64FN3O3/c1-12-17-36(39(46)43-25-29(8)21-33-18-15-16-19-37(33)48-26-27(4)5)44-40(47)38(28(6)7)45-41(11,20-13-2)31(10)23-32-22-30(9)34(14-3)35(42)24-32/h14-16,18-19,22,24,27-29,31,36,38,45H,3,12-13,17,20-21,23,25-26H2,1-2,4-11H3,(H,43,46)(H,44,47)/t29-,31+,36-,38+,41+/m0/s1. The number of nitrogens with one attached hydrogen (secondary N) is 3. The van der Waals surface area contributed by atoms with E-state index in [0.717, 1.165) is 48.1 Å². The second kappa shape index (κ2) is 19.7. The first-order valence-electron chi connectivity index (χ1n) is 18.1. The highest BCUT2D eigenvalue weighted by Crippen LogP contribution is 2.29. The van der Waals surface area contributed by atoms with Crippen LogP contribution in [0.2, 0.25) is 0 Å². The van der Waals surface area contributed by atoms with Crippen LogP contribution in [0.15, 0.2) is 43.0 Å². The third-order valence-electron chi connectivity index (χ3n) is 9.38. The molecule has 0 saturated carbocycles. The summed E-state index contributed by atoms with van der Waals surface area (Å²) in [7, 11) is 0. The summed E-state index contributed by atoms with van der Waals surface area (Å²) in [5, 5.41) is 9.93. The predicted molar refractivity (Wildman–Crippen MR) is 199 cm³/mol. The van der Waals surface area contributed by atoms with E-state index in [0.29, 0.717) is 37.5 Å². The van der Waals surface area contributed by atoms with Gasteiger partial charge in [0.1, 0.15) is 17.6 Å². The number of rotatable bonds is 21. The zero-order valence-corrected chi connectivity index (χ0v) is 31.5. The molecule has 0 heterocycles. The van der Waals surface area contributed by atoms with Gasteiger partial charge in [-0.05, 0) is 92.0 Å². The Hall–Kier alpha value is -3.19. The third kappa shape index (κ3) is 12.4. The van der Waals surface area contributed by atoms with Crippen LogP contribution in [0, 0.1) is 36.4 Å². The van der Waals surface area contributed by atoms with Gasteiger partial charge in [-0.15, -0.1) is 0 Å². The van der Waals surface area contributed by atoms with Gasteiger partial charge < -0.3 is 20.7 Å². The average molecular weight is 666 g/mol. The van der Waals surface area contributed by atoms with E-state index < -0.39 is 17.6 Å². The molecule has 268 valence electrons. The molecule has 0 spiro atoms. The Morgan fingerprint density at radius 2 is 1.69 bits per heavy atom. The molecule has 2 aromatic carbocycles. The molecule has 0 unspecified atom stereocenters. The van der Waals surface area contributed by atoms with E-state index in [2.05, 4.69) is 70.1 Å². The molecule has 0 aliphatic heterocycles. The summed E-state index contributed by atoms with van der Waals surface area (Å²) in [5.41, 5.74) is 3.07. The second-order valence-corrected chi connectivity index (χ2v) is 14.9. The summed E-state index contributed by atoms with van der Waals surface area (Å²) in [6.45, 7) is 25.7. The van der Waals surface area contributed by atoms with E-state index in [1.165, 1.54) is 0 Å². The summed E-state index contributed by atoms with van der Waals surface area (Å²) < 4.78 is 20.8. The minimum atomic E-state index is -0.622. The van der Waals surface area contributed by atoms with E-state index in [4.69, 9.17) is 4.74 Å². The summed E-state index contributed by atoms with van der Waals surface area (Å²) in [5.74, 6) is 1.02. The van der Waals surface area contributed by atoms with Gasteiger partial charge in [0.05, 0.1) is 12.6 Å². The van der Waals surface area contributed by atoms with Crippen LogP contribution in [0.1, 0.15) is 110 Å². The Morgan fingerprint density at radius 3 is 2.27 bits per heavy atom. The quantitative estimate of drug-likeness (QED) is 0.125. The van der Waals surface area contributed by atoms with Crippen molar-refractivity contribution in [3.05, 3.63) is 71.0 Å². The van der Waals surface area contributed by atoms with Crippen LogP contribution in [0.4, 0.5) is 4.39 Å². The van der Waals surface area contributed by atoms with Crippen molar-refractivity contribution in [2.75, 3.05) is 13.2 Å². The monoisotopic (exact) mass is 665 g/mol. The maximum atomic E-state index is 14.8. The Balaban J connectivity index is 2.12. The predicted octanol–water partition coefficient (Wildman–Crippen LogP) is 8.44. The van der Waals surface area contributed by atoms with Crippen LogP contribution >= 0.6 is 0 Å². The fourth-order valence-electron chi connectivity index (χ4n) is 6.39. The first kappa shape index (κ1) is 41.0. The number of carbonyl (C=O) groups excluding carboxylic acids is 2. The molecule has 3 N–H and O–H groups in total. The van der Waals surface area contributed by atoms with Gasteiger partial charge in [0, 0.05) is 17.6 Å². The van der Waals surface area contributed by atoms with E-state index in [1.54, 1.807) is 12.1 Å². The summed E-state index contributed by atoms with van der Waals surface area (Å²) in [6.07, 6.45) is 6.09. The molecule has 0 saturated heterocycles. The zero-order valence-electron chi connectivity index (χ0n) is 31.5. The van der Waals surface area contributed by atoms with E-state index >= 15 is 0 Å². The minimum Gasteiger partial charge on any atom is -0.493 e.